The van der Waals surface area contributed by atoms with Crippen LogP contribution >= 0.6 is 15.9 Å². The lowest BCUT2D eigenvalue weighted by Crippen LogP contribution is -1.97. The predicted molar refractivity (Wildman–Crippen MR) is 65.6 cm³/mol. The third kappa shape index (κ3) is 2.94. The van der Waals surface area contributed by atoms with Gasteiger partial charge in [-0.2, -0.15) is 0 Å². The summed E-state index contributed by atoms with van der Waals surface area (Å²) < 4.78 is 6.14. The van der Waals surface area contributed by atoms with Gasteiger partial charge in [0.2, 0.25) is 0 Å². The van der Waals surface area contributed by atoms with Crippen molar-refractivity contribution < 1.29 is 14.4 Å². The van der Waals surface area contributed by atoms with Crippen molar-refractivity contribution >= 4 is 21.9 Å². The van der Waals surface area contributed by atoms with Gasteiger partial charge in [-0.05, 0) is 18.6 Å². The molecule has 0 saturated carbocycles. The molecule has 1 aromatic heterocycles. The second-order valence-electron chi connectivity index (χ2n) is 3.58. The fourth-order valence-electron chi connectivity index (χ4n) is 1.52. The van der Waals surface area contributed by atoms with E-state index in [0.29, 0.717) is 12.2 Å². The molecule has 0 aliphatic heterocycles. The number of carboxylic acids is 1. The summed E-state index contributed by atoms with van der Waals surface area (Å²) in [7, 11) is 0. The number of benzene rings is 1. The van der Waals surface area contributed by atoms with E-state index in [1.807, 2.05) is 24.3 Å². The van der Waals surface area contributed by atoms with Crippen LogP contribution in [0.4, 0.5) is 0 Å². The SMILES string of the molecule is O=C(O)CCc1cnoc1-c1ccc(Br)cc1. The Labute approximate surface area is 106 Å². The molecule has 0 bridgehead atoms. The summed E-state index contributed by atoms with van der Waals surface area (Å²) in [6.45, 7) is 0. The minimum absolute atomic E-state index is 0.0741. The number of hydrogen-bond acceptors (Lipinski definition) is 3. The normalized spacial score (nSPS) is 10.4. The van der Waals surface area contributed by atoms with E-state index in [-0.39, 0.29) is 6.42 Å². The lowest BCUT2D eigenvalue weighted by molar-refractivity contribution is -0.136. The largest absolute Gasteiger partial charge is 0.481 e. The molecular formula is C12H10BrNO3. The van der Waals surface area contributed by atoms with Crippen molar-refractivity contribution in [3.05, 3.63) is 40.5 Å². The Morgan fingerprint density at radius 3 is 2.71 bits per heavy atom. The first-order valence-corrected chi connectivity index (χ1v) is 5.87. The maximum Gasteiger partial charge on any atom is 0.303 e. The molecule has 0 spiro atoms. The van der Waals surface area contributed by atoms with Gasteiger partial charge in [-0.15, -0.1) is 0 Å². The number of carbonyl (C=O) groups is 1. The zero-order chi connectivity index (χ0) is 12.3. The quantitative estimate of drug-likeness (QED) is 0.941. The number of rotatable bonds is 4. The van der Waals surface area contributed by atoms with Gasteiger partial charge in [-0.25, -0.2) is 0 Å². The van der Waals surface area contributed by atoms with Gasteiger partial charge in [-0.3, -0.25) is 4.79 Å². The summed E-state index contributed by atoms with van der Waals surface area (Å²) in [5, 5.41) is 12.4. The maximum atomic E-state index is 10.5. The molecule has 0 radical (unpaired) electrons. The fourth-order valence-corrected chi connectivity index (χ4v) is 1.78. The Morgan fingerprint density at radius 1 is 1.35 bits per heavy atom. The van der Waals surface area contributed by atoms with Crippen LogP contribution in [0.15, 0.2) is 39.5 Å². The van der Waals surface area contributed by atoms with E-state index in [2.05, 4.69) is 21.1 Å². The Morgan fingerprint density at radius 2 is 2.06 bits per heavy atom. The predicted octanol–water partition coefficient (Wildman–Crippen LogP) is 3.12. The molecule has 0 saturated heterocycles. The van der Waals surface area contributed by atoms with Crippen LogP contribution in [0.25, 0.3) is 11.3 Å². The number of aliphatic carboxylic acids is 1. The summed E-state index contributed by atoms with van der Waals surface area (Å²) >= 11 is 3.35. The minimum Gasteiger partial charge on any atom is -0.481 e. The Hall–Kier alpha value is -1.62. The number of carboxylic acid groups (broad SMARTS) is 1. The van der Waals surface area contributed by atoms with Crippen molar-refractivity contribution in [2.24, 2.45) is 0 Å². The second-order valence-corrected chi connectivity index (χ2v) is 4.50. The number of hydrogen-bond donors (Lipinski definition) is 1. The second kappa shape index (κ2) is 5.14. The van der Waals surface area contributed by atoms with Gasteiger partial charge in [-0.1, -0.05) is 33.2 Å². The highest BCUT2D eigenvalue weighted by Gasteiger charge is 2.11. The summed E-state index contributed by atoms with van der Waals surface area (Å²) in [5.41, 5.74) is 1.71. The molecule has 0 fully saturated rings. The zero-order valence-electron chi connectivity index (χ0n) is 8.89. The Kier molecular flexibility index (Phi) is 3.58. The first-order chi connectivity index (χ1) is 8.16. The minimum atomic E-state index is -0.826. The van der Waals surface area contributed by atoms with Crippen molar-refractivity contribution in [1.82, 2.24) is 5.16 Å². The molecule has 4 nitrogen and oxygen atoms in total. The van der Waals surface area contributed by atoms with Gasteiger partial charge in [0, 0.05) is 22.0 Å². The molecule has 0 aliphatic rings. The average Bonchev–Trinajstić information content (AvgIpc) is 2.75. The third-order valence-electron chi connectivity index (χ3n) is 2.36. The molecule has 1 heterocycles. The standard InChI is InChI=1S/C12H10BrNO3/c13-10-4-1-8(2-5-10)12-9(7-14-17-12)3-6-11(15)16/h1-2,4-5,7H,3,6H2,(H,15,16). The van der Waals surface area contributed by atoms with E-state index in [0.717, 1.165) is 15.6 Å². The maximum absolute atomic E-state index is 10.5. The molecular weight excluding hydrogens is 286 g/mol. The van der Waals surface area contributed by atoms with Gasteiger partial charge in [0.25, 0.3) is 0 Å². The highest BCUT2D eigenvalue weighted by molar-refractivity contribution is 9.10. The third-order valence-corrected chi connectivity index (χ3v) is 2.89. The van der Waals surface area contributed by atoms with Crippen LogP contribution in [0.1, 0.15) is 12.0 Å². The number of aromatic nitrogens is 1. The van der Waals surface area contributed by atoms with E-state index in [1.54, 1.807) is 6.20 Å². The van der Waals surface area contributed by atoms with E-state index >= 15 is 0 Å². The van der Waals surface area contributed by atoms with Crippen LogP contribution in [-0.2, 0) is 11.2 Å². The molecule has 0 atom stereocenters. The highest BCUT2D eigenvalue weighted by atomic mass is 79.9. The number of halogens is 1. The van der Waals surface area contributed by atoms with Crippen molar-refractivity contribution in [3.8, 4) is 11.3 Å². The van der Waals surface area contributed by atoms with E-state index in [9.17, 15) is 4.79 Å². The average molecular weight is 296 g/mol. The van der Waals surface area contributed by atoms with Crippen molar-refractivity contribution in [1.29, 1.82) is 0 Å². The van der Waals surface area contributed by atoms with Crippen LogP contribution in [0.2, 0.25) is 0 Å². The monoisotopic (exact) mass is 295 g/mol. The molecule has 0 aliphatic carbocycles. The van der Waals surface area contributed by atoms with Gasteiger partial charge in [0.1, 0.15) is 0 Å². The zero-order valence-corrected chi connectivity index (χ0v) is 10.5. The summed E-state index contributed by atoms with van der Waals surface area (Å²) in [4.78, 5) is 10.5. The van der Waals surface area contributed by atoms with Gasteiger partial charge in [0.15, 0.2) is 5.76 Å². The molecule has 1 aromatic carbocycles. The van der Waals surface area contributed by atoms with Gasteiger partial charge < -0.3 is 9.63 Å². The van der Waals surface area contributed by atoms with Crippen molar-refractivity contribution in [2.45, 2.75) is 12.8 Å². The molecule has 2 rings (SSSR count). The first kappa shape index (κ1) is 11.9. The Bertz CT molecular complexity index is 519. The van der Waals surface area contributed by atoms with E-state index in [1.165, 1.54) is 0 Å². The Balaban J connectivity index is 2.24. The fraction of sp³-hybridized carbons (Fsp3) is 0.167. The highest BCUT2D eigenvalue weighted by Crippen LogP contribution is 2.25. The van der Waals surface area contributed by atoms with Crippen LogP contribution in [0, 0.1) is 0 Å². The van der Waals surface area contributed by atoms with Crippen LogP contribution in [-0.4, -0.2) is 16.2 Å². The van der Waals surface area contributed by atoms with E-state index < -0.39 is 5.97 Å². The van der Waals surface area contributed by atoms with Crippen LogP contribution < -0.4 is 0 Å². The number of nitrogens with zero attached hydrogens (tertiary/aromatic N) is 1. The smallest absolute Gasteiger partial charge is 0.303 e. The van der Waals surface area contributed by atoms with Crippen molar-refractivity contribution in [3.63, 3.8) is 0 Å². The first-order valence-electron chi connectivity index (χ1n) is 5.08. The van der Waals surface area contributed by atoms with Crippen molar-refractivity contribution in [2.75, 3.05) is 0 Å². The molecule has 17 heavy (non-hydrogen) atoms. The molecule has 2 aromatic rings. The van der Waals surface area contributed by atoms with E-state index in [4.69, 9.17) is 9.63 Å². The molecule has 0 amide bonds. The van der Waals surface area contributed by atoms with Gasteiger partial charge >= 0.3 is 5.97 Å². The molecule has 88 valence electrons. The topological polar surface area (TPSA) is 63.3 Å². The molecule has 5 heteroatoms. The lowest BCUT2D eigenvalue weighted by atomic mass is 10.1. The summed E-state index contributed by atoms with van der Waals surface area (Å²) in [6.07, 6.45) is 2.06. The molecule has 0 unspecified atom stereocenters. The number of aryl methyl sites for hydroxylation is 1. The van der Waals surface area contributed by atoms with Gasteiger partial charge in [0.05, 0.1) is 6.20 Å². The van der Waals surface area contributed by atoms with Crippen LogP contribution in [0.3, 0.4) is 0 Å². The summed E-state index contributed by atoms with van der Waals surface area (Å²) in [5.74, 6) is -0.188. The molecule has 1 N–H and O–H groups in total. The summed E-state index contributed by atoms with van der Waals surface area (Å²) in [6, 6.07) is 7.60. The lowest BCUT2D eigenvalue weighted by Gasteiger charge is -2.00. The van der Waals surface area contributed by atoms with Crippen LogP contribution in [0.5, 0.6) is 0 Å².